The lowest BCUT2D eigenvalue weighted by molar-refractivity contribution is -0.159. The predicted molar refractivity (Wildman–Crippen MR) is 131 cm³/mol. The number of hydrogen-bond donors (Lipinski definition) is 1. The van der Waals surface area contributed by atoms with Crippen molar-refractivity contribution in [2.75, 3.05) is 18.4 Å². The SMILES string of the molecule is [2H]C1([2H])CC(Nc2ncc(Br)c(-c3ccc4c(c3)S(=O)(=O)N([C@H](C)C(=O)OC(C)(C)C)C4)n2)CC([2H])([2H])O1. The minimum absolute atomic E-state index is 0.0316. The molecule has 0 aliphatic carbocycles. The number of carbonyl (C=O) groups excluding carboxylic acids is 1. The van der Waals surface area contributed by atoms with Crippen LogP contribution >= 0.6 is 15.9 Å². The average Bonchev–Trinajstić information content (AvgIpc) is 3.01. The Bertz CT molecular complexity index is 1350. The summed E-state index contributed by atoms with van der Waals surface area (Å²) in [7, 11) is -3.99. The highest BCUT2D eigenvalue weighted by Gasteiger charge is 2.41. The van der Waals surface area contributed by atoms with Gasteiger partial charge in [0.05, 0.1) is 20.5 Å². The second-order valence-electron chi connectivity index (χ2n) is 9.11. The molecular formula is C23H29BrN4O5S. The van der Waals surface area contributed by atoms with Crippen LogP contribution in [0.4, 0.5) is 5.95 Å². The molecule has 0 spiro atoms. The van der Waals surface area contributed by atoms with E-state index in [2.05, 4.69) is 31.2 Å². The van der Waals surface area contributed by atoms with Gasteiger partial charge < -0.3 is 14.8 Å². The normalized spacial score (nSPS) is 24.1. The third-order valence-electron chi connectivity index (χ3n) is 5.31. The molecule has 1 saturated heterocycles. The Hall–Kier alpha value is -2.08. The van der Waals surface area contributed by atoms with Crippen LogP contribution in [0.2, 0.25) is 0 Å². The van der Waals surface area contributed by atoms with Crippen LogP contribution in [0.5, 0.6) is 0 Å². The van der Waals surface area contributed by atoms with Gasteiger partial charge in [0, 0.05) is 37.5 Å². The van der Waals surface area contributed by atoms with Crippen LogP contribution in [-0.2, 0) is 30.8 Å². The van der Waals surface area contributed by atoms with Crippen LogP contribution in [0, 0.1) is 0 Å². The third-order valence-corrected chi connectivity index (χ3v) is 7.89. The van der Waals surface area contributed by atoms with Gasteiger partial charge in [-0.1, -0.05) is 12.1 Å². The number of nitrogens with one attached hydrogen (secondary N) is 1. The number of fused-ring (bicyclic) bond motifs is 1. The van der Waals surface area contributed by atoms with Crippen LogP contribution in [0.3, 0.4) is 0 Å². The molecule has 0 radical (unpaired) electrons. The van der Waals surface area contributed by atoms with E-state index in [9.17, 15) is 13.2 Å². The van der Waals surface area contributed by atoms with Gasteiger partial charge in [-0.05, 0) is 68.1 Å². The second-order valence-corrected chi connectivity index (χ2v) is 11.8. The maximum absolute atomic E-state index is 13.4. The summed E-state index contributed by atoms with van der Waals surface area (Å²) < 4.78 is 70.0. The number of benzene rings is 1. The lowest BCUT2D eigenvalue weighted by atomic mass is 10.1. The van der Waals surface area contributed by atoms with Gasteiger partial charge in [-0.3, -0.25) is 4.79 Å². The molecule has 1 aromatic carbocycles. The number of rotatable bonds is 5. The maximum atomic E-state index is 13.4. The summed E-state index contributed by atoms with van der Waals surface area (Å²) in [5, 5.41) is 2.97. The average molecular weight is 558 g/mol. The number of nitrogens with zero attached hydrogens (tertiary/aromatic N) is 3. The van der Waals surface area contributed by atoms with Gasteiger partial charge in [-0.25, -0.2) is 18.4 Å². The molecule has 3 heterocycles. The molecule has 184 valence electrons. The van der Waals surface area contributed by atoms with Gasteiger partial charge >= 0.3 is 5.97 Å². The summed E-state index contributed by atoms with van der Waals surface area (Å²) in [5.41, 5.74) is 0.654. The minimum atomic E-state index is -3.99. The fourth-order valence-corrected chi connectivity index (χ4v) is 5.86. The summed E-state index contributed by atoms with van der Waals surface area (Å²) in [6, 6.07) is 3.24. The molecule has 2 aliphatic heterocycles. The van der Waals surface area contributed by atoms with E-state index >= 15 is 0 Å². The summed E-state index contributed by atoms with van der Waals surface area (Å²) in [6.45, 7) is 2.36. The van der Waals surface area contributed by atoms with Crippen LogP contribution in [0.15, 0.2) is 33.8 Å². The Labute approximate surface area is 214 Å². The standard InChI is InChI=1S/C23H29BrN4O5S/c1-14(21(29)33-23(2,3)4)28-13-16-6-5-15(11-19(16)34(28,30)31)20-18(24)12-25-22(27-20)26-17-7-9-32-10-8-17/h5-6,11-12,14,17H,7-10,13H2,1-4H3,(H,25,26,27)/t14-/m1/s1/i9D2,10D2. The van der Waals surface area contributed by atoms with E-state index in [0.717, 1.165) is 4.31 Å². The highest BCUT2D eigenvalue weighted by atomic mass is 79.9. The van der Waals surface area contributed by atoms with Crippen molar-refractivity contribution in [2.24, 2.45) is 0 Å². The van der Waals surface area contributed by atoms with Crippen molar-refractivity contribution in [1.82, 2.24) is 14.3 Å². The topological polar surface area (TPSA) is 111 Å². The number of hydrogen-bond acceptors (Lipinski definition) is 8. The molecule has 1 atom stereocenters. The first kappa shape index (κ1) is 20.1. The smallest absolute Gasteiger partial charge is 0.324 e. The molecule has 0 unspecified atom stereocenters. The fraction of sp³-hybridized carbons (Fsp3) is 0.522. The van der Waals surface area contributed by atoms with Gasteiger partial charge in [0.1, 0.15) is 11.6 Å². The van der Waals surface area contributed by atoms with Crippen molar-refractivity contribution in [3.05, 3.63) is 34.4 Å². The first-order chi connectivity index (χ1) is 17.4. The third kappa shape index (κ3) is 5.27. The predicted octanol–water partition coefficient (Wildman–Crippen LogP) is 3.73. The van der Waals surface area contributed by atoms with Crippen molar-refractivity contribution in [3.63, 3.8) is 0 Å². The number of esters is 1. The molecule has 1 fully saturated rings. The van der Waals surface area contributed by atoms with Crippen molar-refractivity contribution >= 4 is 37.9 Å². The molecule has 4 rings (SSSR count). The number of halogens is 1. The zero-order valence-electron chi connectivity index (χ0n) is 23.3. The molecule has 0 saturated carbocycles. The molecule has 0 bridgehead atoms. The number of ether oxygens (including phenoxy) is 2. The van der Waals surface area contributed by atoms with Crippen LogP contribution < -0.4 is 5.32 Å². The molecule has 1 N–H and O–H groups in total. The van der Waals surface area contributed by atoms with Crippen LogP contribution in [0.25, 0.3) is 11.3 Å². The fourth-order valence-electron chi connectivity index (χ4n) is 3.63. The largest absolute Gasteiger partial charge is 0.459 e. The Morgan fingerprint density at radius 1 is 1.35 bits per heavy atom. The molecule has 1 aromatic heterocycles. The molecular weight excluding hydrogens is 524 g/mol. The lowest BCUT2D eigenvalue weighted by Crippen LogP contribution is -2.42. The van der Waals surface area contributed by atoms with E-state index < -0.39 is 46.8 Å². The second kappa shape index (κ2) is 9.52. The van der Waals surface area contributed by atoms with E-state index in [4.69, 9.17) is 15.0 Å². The van der Waals surface area contributed by atoms with E-state index in [1.807, 2.05) is 0 Å². The van der Waals surface area contributed by atoms with E-state index in [1.54, 1.807) is 32.9 Å². The number of sulfonamides is 1. The Morgan fingerprint density at radius 2 is 2.06 bits per heavy atom. The highest BCUT2D eigenvalue weighted by molar-refractivity contribution is 9.10. The van der Waals surface area contributed by atoms with Crippen LogP contribution in [-0.4, -0.2) is 59.5 Å². The van der Waals surface area contributed by atoms with Gasteiger partial charge in [0.15, 0.2) is 0 Å². The number of carbonyl (C=O) groups is 1. The summed E-state index contributed by atoms with van der Waals surface area (Å²) >= 11 is 3.41. The molecule has 11 heteroatoms. The quantitative estimate of drug-likeness (QED) is 0.554. The monoisotopic (exact) mass is 556 g/mol. The zero-order chi connectivity index (χ0) is 28.3. The summed E-state index contributed by atoms with van der Waals surface area (Å²) in [6.07, 6.45) is 1.26. The first-order valence-corrected chi connectivity index (χ1v) is 13.0. The van der Waals surface area contributed by atoms with Crippen molar-refractivity contribution in [3.8, 4) is 11.3 Å². The first-order valence-electron chi connectivity index (χ1n) is 12.7. The van der Waals surface area contributed by atoms with E-state index in [1.165, 1.54) is 19.2 Å². The van der Waals surface area contributed by atoms with E-state index in [0.29, 0.717) is 21.3 Å². The molecule has 2 aromatic rings. The molecule has 34 heavy (non-hydrogen) atoms. The number of anilines is 1. The highest BCUT2D eigenvalue weighted by Crippen LogP contribution is 2.37. The zero-order valence-corrected chi connectivity index (χ0v) is 21.7. The maximum Gasteiger partial charge on any atom is 0.324 e. The molecule has 0 amide bonds. The van der Waals surface area contributed by atoms with E-state index in [-0.39, 0.29) is 30.2 Å². The Kier molecular flexibility index (Phi) is 5.64. The van der Waals surface area contributed by atoms with Crippen molar-refractivity contribution in [2.45, 2.75) is 69.7 Å². The Balaban J connectivity index is 1.60. The van der Waals surface area contributed by atoms with Gasteiger partial charge in [-0.2, -0.15) is 4.31 Å². The Morgan fingerprint density at radius 3 is 2.74 bits per heavy atom. The minimum Gasteiger partial charge on any atom is -0.459 e. The number of aromatic nitrogens is 2. The molecule has 2 aliphatic rings. The van der Waals surface area contributed by atoms with Crippen LogP contribution in [0.1, 0.15) is 51.6 Å². The van der Waals surface area contributed by atoms with Crippen molar-refractivity contribution < 1.29 is 28.2 Å². The van der Waals surface area contributed by atoms with Gasteiger partial charge in [-0.15, -0.1) is 0 Å². The van der Waals surface area contributed by atoms with Crippen molar-refractivity contribution in [1.29, 1.82) is 0 Å². The summed E-state index contributed by atoms with van der Waals surface area (Å²) in [4.78, 5) is 21.3. The van der Waals surface area contributed by atoms with Gasteiger partial charge in [0.2, 0.25) is 16.0 Å². The molecule has 9 nitrogen and oxygen atoms in total. The summed E-state index contributed by atoms with van der Waals surface area (Å²) in [5.74, 6) is -0.504. The lowest BCUT2D eigenvalue weighted by Gasteiger charge is -2.26. The van der Waals surface area contributed by atoms with Gasteiger partial charge in [0.25, 0.3) is 0 Å².